The second-order valence-electron chi connectivity index (χ2n) is 6.25. The summed E-state index contributed by atoms with van der Waals surface area (Å²) in [6, 6.07) is 13.3. The lowest BCUT2D eigenvalue weighted by atomic mass is 10.1. The summed E-state index contributed by atoms with van der Waals surface area (Å²) in [6.07, 6.45) is 2.27. The van der Waals surface area contributed by atoms with Crippen LogP contribution in [0.2, 0.25) is 0 Å². The fraction of sp³-hybridized carbons (Fsp3) is 0.263. The zero-order valence-electron chi connectivity index (χ0n) is 13.8. The Kier molecular flexibility index (Phi) is 4.11. The van der Waals surface area contributed by atoms with Crippen LogP contribution < -0.4 is 15.8 Å². The highest BCUT2D eigenvalue weighted by Crippen LogP contribution is 2.32. The van der Waals surface area contributed by atoms with E-state index in [1.807, 2.05) is 36.4 Å². The van der Waals surface area contributed by atoms with E-state index in [0.717, 1.165) is 48.1 Å². The smallest absolute Gasteiger partial charge is 0.174 e. The van der Waals surface area contributed by atoms with Crippen LogP contribution >= 0.6 is 0 Å². The van der Waals surface area contributed by atoms with Gasteiger partial charge in [-0.3, -0.25) is 5.41 Å². The van der Waals surface area contributed by atoms with Crippen molar-refractivity contribution in [3.8, 4) is 17.1 Å². The van der Waals surface area contributed by atoms with Crippen molar-refractivity contribution >= 4 is 16.7 Å². The van der Waals surface area contributed by atoms with E-state index in [9.17, 15) is 0 Å². The van der Waals surface area contributed by atoms with Gasteiger partial charge in [0, 0.05) is 11.1 Å². The molecule has 0 saturated carbocycles. The quantitative estimate of drug-likeness (QED) is 0.503. The third-order valence-electron chi connectivity index (χ3n) is 4.47. The maximum atomic E-state index is 7.62. The number of piperidine rings is 1. The first-order chi connectivity index (χ1) is 12.2. The summed E-state index contributed by atoms with van der Waals surface area (Å²) in [4.78, 5) is 0. The van der Waals surface area contributed by atoms with Crippen LogP contribution in [0.4, 0.5) is 0 Å². The molecule has 1 aliphatic heterocycles. The largest absolute Gasteiger partial charge is 0.490 e. The molecule has 1 aromatic heterocycles. The lowest BCUT2D eigenvalue weighted by Gasteiger charge is -2.23. The van der Waals surface area contributed by atoms with Crippen molar-refractivity contribution in [3.63, 3.8) is 0 Å². The molecule has 4 rings (SSSR count). The molecule has 2 heterocycles. The van der Waals surface area contributed by atoms with Gasteiger partial charge < -0.3 is 20.3 Å². The summed E-state index contributed by atoms with van der Waals surface area (Å²) in [5.41, 5.74) is 7.89. The van der Waals surface area contributed by atoms with Gasteiger partial charge in [0.05, 0.1) is 5.39 Å². The van der Waals surface area contributed by atoms with Gasteiger partial charge in [-0.15, -0.1) is 0 Å². The number of nitrogens with two attached hydrogens (primary N) is 1. The van der Waals surface area contributed by atoms with Gasteiger partial charge in [-0.1, -0.05) is 17.3 Å². The van der Waals surface area contributed by atoms with Crippen LogP contribution in [-0.2, 0) is 0 Å². The Morgan fingerprint density at radius 3 is 2.84 bits per heavy atom. The van der Waals surface area contributed by atoms with Crippen molar-refractivity contribution in [3.05, 3.63) is 48.0 Å². The molecule has 0 bridgehead atoms. The molecule has 1 saturated heterocycles. The van der Waals surface area contributed by atoms with E-state index in [4.69, 9.17) is 20.4 Å². The number of nitrogens with one attached hydrogen (secondary N) is 2. The number of aromatic nitrogens is 1. The second-order valence-corrected chi connectivity index (χ2v) is 6.25. The number of hydrogen-bond acceptors (Lipinski definition) is 5. The predicted molar refractivity (Wildman–Crippen MR) is 97.0 cm³/mol. The molecule has 4 N–H and O–H groups in total. The van der Waals surface area contributed by atoms with Crippen LogP contribution in [-0.4, -0.2) is 30.2 Å². The normalized spacial score (nSPS) is 15.4. The van der Waals surface area contributed by atoms with E-state index in [1.165, 1.54) is 0 Å². The number of nitrogens with zero attached hydrogens (tertiary/aromatic N) is 1. The number of benzene rings is 2. The molecule has 2 aromatic carbocycles. The minimum absolute atomic E-state index is 0.0250. The minimum atomic E-state index is 0.0250. The summed E-state index contributed by atoms with van der Waals surface area (Å²) in [5, 5.41) is 15.9. The molecule has 3 aromatic rings. The molecule has 0 spiro atoms. The van der Waals surface area contributed by atoms with Crippen LogP contribution in [0.15, 0.2) is 47.0 Å². The molecule has 0 radical (unpaired) electrons. The summed E-state index contributed by atoms with van der Waals surface area (Å²) in [6.45, 7) is 1.98. The lowest BCUT2D eigenvalue weighted by molar-refractivity contribution is 0.162. The summed E-state index contributed by atoms with van der Waals surface area (Å²) in [5.74, 6) is 1.52. The van der Waals surface area contributed by atoms with Crippen molar-refractivity contribution in [2.75, 3.05) is 13.1 Å². The number of hydrogen-bond donors (Lipinski definition) is 3. The number of fused-ring (bicyclic) bond motifs is 1. The number of rotatable bonds is 4. The first-order valence-electron chi connectivity index (χ1n) is 8.42. The van der Waals surface area contributed by atoms with Gasteiger partial charge in [-0.2, -0.15) is 0 Å². The van der Waals surface area contributed by atoms with E-state index in [-0.39, 0.29) is 11.9 Å². The van der Waals surface area contributed by atoms with Crippen LogP contribution in [0.3, 0.4) is 0 Å². The van der Waals surface area contributed by atoms with Gasteiger partial charge in [0.1, 0.15) is 23.2 Å². The Hall–Kier alpha value is -2.86. The standard InChI is InChI=1S/C19H20N4O2/c20-19(21)13-4-5-17-16(11-13)18(25-23-17)12-2-1-3-15(10-12)24-14-6-8-22-9-7-14/h1-5,10-11,14,22H,6-9H2,(H3,20,21). The van der Waals surface area contributed by atoms with E-state index in [2.05, 4.69) is 10.5 Å². The molecular weight excluding hydrogens is 316 g/mol. The van der Waals surface area contributed by atoms with Crippen molar-refractivity contribution in [2.45, 2.75) is 18.9 Å². The maximum absolute atomic E-state index is 7.62. The molecule has 1 fully saturated rings. The van der Waals surface area contributed by atoms with Gasteiger partial charge >= 0.3 is 0 Å². The molecular formula is C19H20N4O2. The third-order valence-corrected chi connectivity index (χ3v) is 4.47. The topological polar surface area (TPSA) is 97.2 Å². The lowest BCUT2D eigenvalue weighted by Crippen LogP contribution is -2.34. The Balaban J connectivity index is 1.67. The molecule has 0 unspecified atom stereocenters. The van der Waals surface area contributed by atoms with Crippen molar-refractivity contribution in [1.82, 2.24) is 10.5 Å². The summed E-state index contributed by atoms with van der Waals surface area (Å²) < 4.78 is 11.7. The Labute approximate surface area is 145 Å². The highest BCUT2D eigenvalue weighted by molar-refractivity contribution is 6.01. The Morgan fingerprint density at radius 1 is 1.20 bits per heavy atom. The van der Waals surface area contributed by atoms with E-state index < -0.39 is 0 Å². The number of amidine groups is 1. The first kappa shape index (κ1) is 15.7. The Bertz CT molecular complexity index is 913. The average Bonchev–Trinajstić information content (AvgIpc) is 3.06. The van der Waals surface area contributed by atoms with Gasteiger partial charge in [-0.05, 0) is 56.3 Å². The van der Waals surface area contributed by atoms with Gasteiger partial charge in [0.15, 0.2) is 5.76 Å². The number of ether oxygens (including phenoxy) is 1. The average molecular weight is 336 g/mol. The molecule has 1 aliphatic rings. The van der Waals surface area contributed by atoms with E-state index in [0.29, 0.717) is 11.3 Å². The molecule has 6 heteroatoms. The fourth-order valence-corrected chi connectivity index (χ4v) is 3.13. The van der Waals surface area contributed by atoms with E-state index in [1.54, 1.807) is 6.07 Å². The monoisotopic (exact) mass is 336 g/mol. The highest BCUT2D eigenvalue weighted by atomic mass is 16.5. The van der Waals surface area contributed by atoms with Gasteiger partial charge in [0.2, 0.25) is 0 Å². The fourth-order valence-electron chi connectivity index (χ4n) is 3.13. The second kappa shape index (κ2) is 6.57. The van der Waals surface area contributed by atoms with Crippen LogP contribution in [0.5, 0.6) is 5.75 Å². The van der Waals surface area contributed by atoms with Crippen LogP contribution in [0, 0.1) is 5.41 Å². The minimum Gasteiger partial charge on any atom is -0.490 e. The first-order valence-corrected chi connectivity index (χ1v) is 8.42. The summed E-state index contributed by atoms with van der Waals surface area (Å²) in [7, 11) is 0. The Morgan fingerprint density at radius 2 is 2.04 bits per heavy atom. The molecule has 0 aliphatic carbocycles. The van der Waals surface area contributed by atoms with Crippen LogP contribution in [0.25, 0.3) is 22.2 Å². The zero-order valence-corrected chi connectivity index (χ0v) is 13.8. The molecule has 25 heavy (non-hydrogen) atoms. The SMILES string of the molecule is N=C(N)c1ccc2noc(-c3cccc(OC4CCNCC4)c3)c2c1. The predicted octanol–water partition coefficient (Wildman–Crippen LogP) is 2.91. The maximum Gasteiger partial charge on any atom is 0.174 e. The molecule has 6 nitrogen and oxygen atoms in total. The third kappa shape index (κ3) is 3.21. The van der Waals surface area contributed by atoms with Gasteiger partial charge in [0.25, 0.3) is 0 Å². The molecule has 128 valence electrons. The van der Waals surface area contributed by atoms with Crippen molar-refractivity contribution < 1.29 is 9.26 Å². The highest BCUT2D eigenvalue weighted by Gasteiger charge is 2.16. The van der Waals surface area contributed by atoms with Crippen molar-refractivity contribution in [1.29, 1.82) is 5.41 Å². The zero-order chi connectivity index (χ0) is 17.2. The summed E-state index contributed by atoms with van der Waals surface area (Å²) >= 11 is 0. The van der Waals surface area contributed by atoms with E-state index >= 15 is 0 Å². The van der Waals surface area contributed by atoms with Crippen molar-refractivity contribution in [2.24, 2.45) is 5.73 Å². The van der Waals surface area contributed by atoms with Gasteiger partial charge in [-0.25, -0.2) is 0 Å². The number of nitrogen functional groups attached to an aromatic ring is 1. The van der Waals surface area contributed by atoms with Crippen LogP contribution in [0.1, 0.15) is 18.4 Å². The molecule has 0 amide bonds. The molecule has 0 atom stereocenters.